The number of carbonyl (C=O) groups excluding carboxylic acids is 3. The van der Waals surface area contributed by atoms with Gasteiger partial charge in [-0.25, -0.2) is 4.79 Å². The van der Waals surface area contributed by atoms with E-state index in [1.807, 2.05) is 32.6 Å². The van der Waals surface area contributed by atoms with E-state index in [1.165, 1.54) is 0 Å². The average molecular weight is 337 g/mol. The zero-order chi connectivity index (χ0) is 17.9. The van der Waals surface area contributed by atoms with Crippen LogP contribution >= 0.6 is 0 Å². The third-order valence-electron chi connectivity index (χ3n) is 5.67. The van der Waals surface area contributed by atoms with Crippen LogP contribution in [0.5, 0.6) is 0 Å². The van der Waals surface area contributed by atoms with Gasteiger partial charge in [0.25, 0.3) is 5.91 Å². The van der Waals surface area contributed by atoms with E-state index in [-0.39, 0.29) is 30.4 Å². The fraction of sp³-hybridized carbons (Fsp3) is 0.833. The van der Waals surface area contributed by atoms with Gasteiger partial charge in [-0.2, -0.15) is 0 Å². The summed E-state index contributed by atoms with van der Waals surface area (Å²) in [4.78, 5) is 40.9. The van der Waals surface area contributed by atoms with Crippen LogP contribution in [0.25, 0.3) is 0 Å². The molecule has 2 aliphatic rings. The van der Waals surface area contributed by atoms with Crippen LogP contribution in [0.3, 0.4) is 0 Å². The molecule has 1 saturated heterocycles. The largest absolute Gasteiger partial charge is 0.336 e. The molecule has 0 aromatic carbocycles. The van der Waals surface area contributed by atoms with Gasteiger partial charge in [-0.3, -0.25) is 14.5 Å². The van der Waals surface area contributed by atoms with Gasteiger partial charge in [-0.1, -0.05) is 33.1 Å². The Morgan fingerprint density at radius 3 is 2.17 bits per heavy atom. The van der Waals surface area contributed by atoms with Crippen molar-refractivity contribution < 1.29 is 14.4 Å². The minimum atomic E-state index is -0.757. The highest BCUT2D eigenvalue weighted by Gasteiger charge is 2.51. The van der Waals surface area contributed by atoms with E-state index in [2.05, 4.69) is 5.32 Å². The summed E-state index contributed by atoms with van der Waals surface area (Å²) < 4.78 is 0. The third-order valence-corrected chi connectivity index (χ3v) is 5.67. The molecule has 0 aromatic heterocycles. The van der Waals surface area contributed by atoms with Crippen molar-refractivity contribution in [2.45, 2.75) is 90.3 Å². The van der Waals surface area contributed by atoms with Crippen LogP contribution in [0, 0.1) is 0 Å². The van der Waals surface area contributed by atoms with Crippen molar-refractivity contribution in [2.24, 2.45) is 0 Å². The fourth-order valence-electron chi connectivity index (χ4n) is 3.85. The van der Waals surface area contributed by atoms with Crippen LogP contribution in [0.15, 0.2) is 0 Å². The number of urea groups is 1. The average Bonchev–Trinajstić information content (AvgIpc) is 2.79. The van der Waals surface area contributed by atoms with Gasteiger partial charge >= 0.3 is 6.03 Å². The molecule has 2 rings (SSSR count). The lowest BCUT2D eigenvalue weighted by Crippen LogP contribution is -2.51. The molecular weight excluding hydrogens is 306 g/mol. The first-order chi connectivity index (χ1) is 11.4. The lowest BCUT2D eigenvalue weighted by molar-refractivity contribution is -0.142. The normalized spacial score (nSPS) is 22.4. The summed E-state index contributed by atoms with van der Waals surface area (Å²) in [6.45, 7) is 7.95. The molecule has 1 heterocycles. The summed E-state index contributed by atoms with van der Waals surface area (Å²) in [7, 11) is 0. The molecule has 1 aliphatic heterocycles. The number of amides is 4. The number of imide groups is 1. The van der Waals surface area contributed by atoms with E-state index in [4.69, 9.17) is 0 Å². The lowest BCUT2D eigenvalue weighted by Gasteiger charge is -2.35. The highest BCUT2D eigenvalue weighted by atomic mass is 16.2. The maximum atomic E-state index is 12.8. The Morgan fingerprint density at radius 1 is 1.12 bits per heavy atom. The number of nitrogens with zero attached hydrogens (tertiary/aromatic N) is 2. The van der Waals surface area contributed by atoms with E-state index in [0.29, 0.717) is 12.8 Å². The second-order valence-corrected chi connectivity index (χ2v) is 7.28. The Morgan fingerprint density at radius 2 is 1.67 bits per heavy atom. The van der Waals surface area contributed by atoms with E-state index in [9.17, 15) is 14.4 Å². The van der Waals surface area contributed by atoms with Crippen molar-refractivity contribution in [3.8, 4) is 0 Å². The first kappa shape index (κ1) is 18.7. The zero-order valence-corrected chi connectivity index (χ0v) is 15.4. The van der Waals surface area contributed by atoms with Gasteiger partial charge in [0.15, 0.2) is 0 Å². The predicted molar refractivity (Wildman–Crippen MR) is 92.4 cm³/mol. The number of carbonyl (C=O) groups is 3. The van der Waals surface area contributed by atoms with Crippen molar-refractivity contribution in [1.82, 2.24) is 15.1 Å². The summed E-state index contributed by atoms with van der Waals surface area (Å²) in [6.07, 6.45) is 6.05. The molecule has 0 radical (unpaired) electrons. The Balaban J connectivity index is 2.12. The topological polar surface area (TPSA) is 69.7 Å². The van der Waals surface area contributed by atoms with Gasteiger partial charge in [0.2, 0.25) is 5.91 Å². The van der Waals surface area contributed by atoms with Gasteiger partial charge in [-0.05, 0) is 39.5 Å². The minimum absolute atomic E-state index is 0.0943. The quantitative estimate of drug-likeness (QED) is 0.758. The molecule has 1 N–H and O–H groups in total. The molecule has 24 heavy (non-hydrogen) atoms. The van der Waals surface area contributed by atoms with Crippen LogP contribution in [-0.4, -0.2) is 51.8 Å². The second-order valence-electron chi connectivity index (χ2n) is 7.28. The van der Waals surface area contributed by atoms with Crippen molar-refractivity contribution in [2.75, 3.05) is 6.54 Å². The molecule has 4 amide bonds. The predicted octanol–water partition coefficient (Wildman–Crippen LogP) is 2.67. The van der Waals surface area contributed by atoms with Crippen LogP contribution < -0.4 is 5.32 Å². The molecule has 2 fully saturated rings. The highest BCUT2D eigenvalue weighted by Crippen LogP contribution is 2.33. The first-order valence-corrected chi connectivity index (χ1v) is 9.31. The zero-order valence-electron chi connectivity index (χ0n) is 15.4. The molecule has 0 unspecified atom stereocenters. The number of hydrogen-bond acceptors (Lipinski definition) is 3. The number of hydrogen-bond donors (Lipinski definition) is 1. The Kier molecular flexibility index (Phi) is 5.88. The number of rotatable bonds is 6. The molecule has 2 atom stereocenters. The van der Waals surface area contributed by atoms with Gasteiger partial charge in [0, 0.05) is 12.1 Å². The third kappa shape index (κ3) is 3.42. The van der Waals surface area contributed by atoms with Gasteiger partial charge in [-0.15, -0.1) is 0 Å². The van der Waals surface area contributed by atoms with E-state index >= 15 is 0 Å². The first-order valence-electron chi connectivity index (χ1n) is 9.31. The Labute approximate surface area is 144 Å². The van der Waals surface area contributed by atoms with Crippen LogP contribution in [0.2, 0.25) is 0 Å². The SMILES string of the molecule is CC[C@@H](C)N(C(=O)CN1C(=O)NC2(CCCCC2)C1=O)[C@H](C)CC. The smallest absolute Gasteiger partial charge is 0.325 e. The van der Waals surface area contributed by atoms with E-state index in [1.54, 1.807) is 0 Å². The molecule has 0 aromatic rings. The van der Waals surface area contributed by atoms with Crippen LogP contribution in [-0.2, 0) is 9.59 Å². The second kappa shape index (κ2) is 7.53. The van der Waals surface area contributed by atoms with Crippen LogP contribution in [0.1, 0.15) is 72.6 Å². The van der Waals surface area contributed by atoms with E-state index in [0.717, 1.165) is 37.0 Å². The highest BCUT2D eigenvalue weighted by molar-refractivity contribution is 6.09. The summed E-state index contributed by atoms with van der Waals surface area (Å²) in [5.74, 6) is -0.358. The Bertz CT molecular complexity index is 490. The van der Waals surface area contributed by atoms with Crippen molar-refractivity contribution in [1.29, 1.82) is 0 Å². The molecule has 1 saturated carbocycles. The lowest BCUT2D eigenvalue weighted by atomic mass is 9.82. The maximum absolute atomic E-state index is 12.8. The summed E-state index contributed by atoms with van der Waals surface area (Å²) in [6, 6.07) is -0.225. The molecular formula is C18H31N3O3. The molecule has 6 nitrogen and oxygen atoms in total. The summed E-state index contributed by atoms with van der Waals surface area (Å²) >= 11 is 0. The minimum Gasteiger partial charge on any atom is -0.336 e. The maximum Gasteiger partial charge on any atom is 0.325 e. The standard InChI is InChI=1S/C18H31N3O3/c1-5-13(3)21(14(4)6-2)15(22)12-20-16(23)18(19-17(20)24)10-8-7-9-11-18/h13-14H,5-12H2,1-4H3,(H,19,24)/t13-,14-/m1/s1. The molecule has 136 valence electrons. The van der Waals surface area contributed by atoms with Gasteiger partial charge < -0.3 is 10.2 Å². The number of nitrogens with one attached hydrogen (secondary N) is 1. The van der Waals surface area contributed by atoms with Crippen molar-refractivity contribution in [3.05, 3.63) is 0 Å². The van der Waals surface area contributed by atoms with Crippen LogP contribution in [0.4, 0.5) is 4.79 Å². The van der Waals surface area contributed by atoms with Crippen molar-refractivity contribution in [3.63, 3.8) is 0 Å². The summed E-state index contributed by atoms with van der Waals surface area (Å²) in [5, 5.41) is 2.87. The van der Waals surface area contributed by atoms with Gasteiger partial charge in [0.1, 0.15) is 12.1 Å². The molecule has 1 spiro atoms. The monoisotopic (exact) mass is 337 g/mol. The van der Waals surface area contributed by atoms with E-state index < -0.39 is 11.6 Å². The molecule has 6 heteroatoms. The molecule has 0 bridgehead atoms. The van der Waals surface area contributed by atoms with Gasteiger partial charge in [0.05, 0.1) is 0 Å². The van der Waals surface area contributed by atoms with Crippen molar-refractivity contribution >= 4 is 17.8 Å². The Hall–Kier alpha value is -1.59. The molecule has 1 aliphatic carbocycles. The fourth-order valence-corrected chi connectivity index (χ4v) is 3.85. The summed E-state index contributed by atoms with van der Waals surface area (Å²) in [5.41, 5.74) is -0.757.